The molecule has 0 aliphatic heterocycles. The second-order valence-corrected chi connectivity index (χ2v) is 5.57. The van der Waals surface area contributed by atoms with Crippen LogP contribution < -0.4 is 11.1 Å². The molecule has 0 spiro atoms. The van der Waals surface area contributed by atoms with Gasteiger partial charge in [-0.25, -0.2) is 0 Å². The SMILES string of the molecule is CC(C)CNC(=O)CN(C)C(=O)c1cc(N)cc(Cl)c1. The molecule has 0 fully saturated rings. The molecule has 0 aromatic heterocycles. The molecule has 5 nitrogen and oxygen atoms in total. The van der Waals surface area contributed by atoms with E-state index in [1.807, 2.05) is 13.8 Å². The summed E-state index contributed by atoms with van der Waals surface area (Å²) < 4.78 is 0. The zero-order chi connectivity index (χ0) is 15.3. The topological polar surface area (TPSA) is 75.4 Å². The van der Waals surface area contributed by atoms with Crippen LogP contribution in [0.25, 0.3) is 0 Å². The minimum Gasteiger partial charge on any atom is -0.399 e. The maximum atomic E-state index is 12.2. The maximum absolute atomic E-state index is 12.2. The summed E-state index contributed by atoms with van der Waals surface area (Å²) in [5, 5.41) is 3.15. The summed E-state index contributed by atoms with van der Waals surface area (Å²) in [6.07, 6.45) is 0. The fourth-order valence-corrected chi connectivity index (χ4v) is 1.86. The third kappa shape index (κ3) is 5.09. The molecule has 110 valence electrons. The number of carbonyl (C=O) groups excluding carboxylic acids is 2. The average Bonchev–Trinajstić information content (AvgIpc) is 2.34. The minimum atomic E-state index is -0.293. The molecule has 20 heavy (non-hydrogen) atoms. The fourth-order valence-electron chi connectivity index (χ4n) is 1.62. The highest BCUT2D eigenvalue weighted by Gasteiger charge is 2.15. The van der Waals surface area contributed by atoms with Crippen molar-refractivity contribution in [2.75, 3.05) is 25.9 Å². The van der Waals surface area contributed by atoms with E-state index in [1.165, 1.54) is 17.0 Å². The quantitative estimate of drug-likeness (QED) is 0.813. The summed E-state index contributed by atoms with van der Waals surface area (Å²) in [5.41, 5.74) is 6.43. The van der Waals surface area contributed by atoms with Crippen LogP contribution in [0.4, 0.5) is 5.69 Å². The van der Waals surface area contributed by atoms with Gasteiger partial charge in [0.1, 0.15) is 0 Å². The first kappa shape index (κ1) is 16.3. The smallest absolute Gasteiger partial charge is 0.254 e. The summed E-state index contributed by atoms with van der Waals surface area (Å²) in [4.78, 5) is 25.2. The lowest BCUT2D eigenvalue weighted by Gasteiger charge is -2.17. The highest BCUT2D eigenvalue weighted by Crippen LogP contribution is 2.17. The number of halogens is 1. The van der Waals surface area contributed by atoms with Gasteiger partial charge in [-0.1, -0.05) is 25.4 Å². The standard InChI is InChI=1S/C14H20ClN3O2/c1-9(2)7-17-13(19)8-18(3)14(20)10-4-11(15)6-12(16)5-10/h4-6,9H,7-8,16H2,1-3H3,(H,17,19). The van der Waals surface area contributed by atoms with Crippen molar-refractivity contribution in [3.8, 4) is 0 Å². The number of nitrogens with two attached hydrogens (primary N) is 1. The number of nitrogens with zero attached hydrogens (tertiary/aromatic N) is 1. The Kier molecular flexibility index (Phi) is 5.82. The van der Waals surface area contributed by atoms with Gasteiger partial charge in [-0.05, 0) is 24.1 Å². The van der Waals surface area contributed by atoms with Crippen LogP contribution >= 0.6 is 11.6 Å². The lowest BCUT2D eigenvalue weighted by molar-refractivity contribution is -0.121. The first-order chi connectivity index (χ1) is 9.29. The second-order valence-electron chi connectivity index (χ2n) is 5.13. The second kappa shape index (κ2) is 7.14. The first-order valence-electron chi connectivity index (χ1n) is 6.38. The van der Waals surface area contributed by atoms with Crippen LogP contribution in [-0.4, -0.2) is 36.9 Å². The van der Waals surface area contributed by atoms with Crippen LogP contribution in [-0.2, 0) is 4.79 Å². The fraction of sp³-hybridized carbons (Fsp3) is 0.429. The molecule has 0 unspecified atom stereocenters. The predicted octanol–water partition coefficient (Wildman–Crippen LogP) is 1.77. The first-order valence-corrected chi connectivity index (χ1v) is 6.75. The number of rotatable bonds is 5. The Morgan fingerprint density at radius 1 is 1.35 bits per heavy atom. The van der Waals surface area contributed by atoms with Gasteiger partial charge in [-0.2, -0.15) is 0 Å². The van der Waals surface area contributed by atoms with E-state index >= 15 is 0 Å². The molecule has 0 saturated carbocycles. The zero-order valence-corrected chi connectivity index (χ0v) is 12.7. The molecule has 1 aromatic rings. The van der Waals surface area contributed by atoms with Crippen molar-refractivity contribution in [2.45, 2.75) is 13.8 Å². The van der Waals surface area contributed by atoms with Crippen LogP contribution in [0, 0.1) is 5.92 Å². The van der Waals surface area contributed by atoms with Crippen molar-refractivity contribution in [1.29, 1.82) is 0 Å². The molecule has 2 amide bonds. The van der Waals surface area contributed by atoms with Crippen molar-refractivity contribution in [1.82, 2.24) is 10.2 Å². The number of amides is 2. The van der Waals surface area contributed by atoms with E-state index in [2.05, 4.69) is 5.32 Å². The molecule has 0 radical (unpaired) electrons. The summed E-state index contributed by atoms with van der Waals surface area (Å²) in [5.74, 6) is -0.115. The predicted molar refractivity (Wildman–Crippen MR) is 80.7 cm³/mol. The summed E-state index contributed by atoms with van der Waals surface area (Å²) in [6.45, 7) is 4.59. The Bertz CT molecular complexity index is 483. The van der Waals surface area contributed by atoms with Gasteiger partial charge in [0.15, 0.2) is 0 Å². The van der Waals surface area contributed by atoms with Crippen LogP contribution in [0.1, 0.15) is 24.2 Å². The lowest BCUT2D eigenvalue weighted by atomic mass is 10.2. The number of likely N-dealkylation sites (N-methyl/N-ethyl adjacent to an activating group) is 1. The van der Waals surface area contributed by atoms with Crippen LogP contribution in [0.3, 0.4) is 0 Å². The lowest BCUT2D eigenvalue weighted by Crippen LogP contribution is -2.39. The van der Waals surface area contributed by atoms with Gasteiger partial charge in [0.05, 0.1) is 6.54 Å². The molecular weight excluding hydrogens is 278 g/mol. The van der Waals surface area contributed by atoms with Crippen LogP contribution in [0.2, 0.25) is 5.02 Å². The highest BCUT2D eigenvalue weighted by molar-refractivity contribution is 6.31. The van der Waals surface area contributed by atoms with Gasteiger partial charge in [-0.15, -0.1) is 0 Å². The number of carbonyl (C=O) groups is 2. The van der Waals surface area contributed by atoms with Crippen LogP contribution in [0.5, 0.6) is 0 Å². The summed E-state index contributed by atoms with van der Waals surface area (Å²) in [6, 6.07) is 4.63. The molecule has 0 aliphatic carbocycles. The molecule has 0 aliphatic rings. The number of nitrogen functional groups attached to an aromatic ring is 1. The third-order valence-corrected chi connectivity index (χ3v) is 2.82. The van der Waals surface area contributed by atoms with Gasteiger partial charge in [0.2, 0.25) is 5.91 Å². The molecule has 6 heteroatoms. The molecule has 1 aromatic carbocycles. The van der Waals surface area contributed by atoms with E-state index in [0.29, 0.717) is 28.7 Å². The Balaban J connectivity index is 2.64. The average molecular weight is 298 g/mol. The van der Waals surface area contributed by atoms with E-state index in [1.54, 1.807) is 13.1 Å². The number of benzene rings is 1. The van der Waals surface area contributed by atoms with E-state index in [-0.39, 0.29) is 18.4 Å². The molecule has 0 heterocycles. The molecule has 3 N–H and O–H groups in total. The monoisotopic (exact) mass is 297 g/mol. The van der Waals surface area contributed by atoms with Gasteiger partial charge in [0, 0.05) is 29.9 Å². The Hall–Kier alpha value is -1.75. The van der Waals surface area contributed by atoms with E-state index in [4.69, 9.17) is 17.3 Å². The van der Waals surface area contributed by atoms with Crippen molar-refractivity contribution >= 4 is 29.1 Å². The summed E-state index contributed by atoms with van der Waals surface area (Å²) in [7, 11) is 1.56. The van der Waals surface area contributed by atoms with E-state index in [0.717, 1.165) is 0 Å². The molecular formula is C14H20ClN3O2. The normalized spacial score (nSPS) is 10.4. The number of hydrogen-bond acceptors (Lipinski definition) is 3. The van der Waals surface area contributed by atoms with E-state index in [9.17, 15) is 9.59 Å². The number of nitrogens with one attached hydrogen (secondary N) is 1. The minimum absolute atomic E-state index is 0.00201. The van der Waals surface area contributed by atoms with E-state index < -0.39 is 0 Å². The Morgan fingerprint density at radius 3 is 2.55 bits per heavy atom. The van der Waals surface area contributed by atoms with Crippen molar-refractivity contribution in [3.63, 3.8) is 0 Å². The Morgan fingerprint density at radius 2 is 2.00 bits per heavy atom. The van der Waals surface area contributed by atoms with Gasteiger partial charge in [0.25, 0.3) is 5.91 Å². The maximum Gasteiger partial charge on any atom is 0.254 e. The number of hydrogen-bond donors (Lipinski definition) is 2. The van der Waals surface area contributed by atoms with Gasteiger partial charge >= 0.3 is 0 Å². The van der Waals surface area contributed by atoms with Gasteiger partial charge < -0.3 is 16.0 Å². The van der Waals surface area contributed by atoms with Crippen molar-refractivity contribution in [3.05, 3.63) is 28.8 Å². The molecule has 0 atom stereocenters. The third-order valence-electron chi connectivity index (χ3n) is 2.60. The number of anilines is 1. The van der Waals surface area contributed by atoms with Crippen molar-refractivity contribution < 1.29 is 9.59 Å². The largest absolute Gasteiger partial charge is 0.399 e. The molecule has 0 bridgehead atoms. The zero-order valence-electron chi connectivity index (χ0n) is 11.9. The molecule has 1 rings (SSSR count). The summed E-state index contributed by atoms with van der Waals surface area (Å²) >= 11 is 5.86. The Labute approximate surface area is 124 Å². The van der Waals surface area contributed by atoms with Gasteiger partial charge in [-0.3, -0.25) is 9.59 Å². The van der Waals surface area contributed by atoms with Crippen LogP contribution in [0.15, 0.2) is 18.2 Å². The molecule has 0 saturated heterocycles. The highest BCUT2D eigenvalue weighted by atomic mass is 35.5. The van der Waals surface area contributed by atoms with Crippen molar-refractivity contribution in [2.24, 2.45) is 5.92 Å².